The number of rotatable bonds is 4. The second-order valence-corrected chi connectivity index (χ2v) is 12.2. The first-order chi connectivity index (χ1) is 16.2. The van der Waals surface area contributed by atoms with Gasteiger partial charge in [-0.15, -0.1) is 0 Å². The Kier molecular flexibility index (Phi) is 7.50. The van der Waals surface area contributed by atoms with Crippen LogP contribution in [-0.4, -0.2) is 22.9 Å². The first-order valence-electron chi connectivity index (χ1n) is 12.4. The number of esters is 1. The average Bonchev–Trinajstić information content (AvgIpc) is 3.16. The molecule has 1 aromatic carbocycles. The fourth-order valence-electron chi connectivity index (χ4n) is 5.37. The van der Waals surface area contributed by atoms with Crippen molar-refractivity contribution < 1.29 is 9.53 Å². The Morgan fingerprint density at radius 1 is 1.11 bits per heavy atom. The molecular weight excluding hydrogens is 436 g/mol. The van der Waals surface area contributed by atoms with Crippen molar-refractivity contribution in [1.29, 1.82) is 0 Å². The molecule has 1 aliphatic rings. The lowest BCUT2D eigenvalue weighted by Gasteiger charge is -2.50. The monoisotopic (exact) mass is 476 g/mol. The fraction of sp³-hybridized carbons (Fsp3) is 0.552. The van der Waals surface area contributed by atoms with E-state index in [1.807, 2.05) is 31.2 Å². The van der Waals surface area contributed by atoms with Gasteiger partial charge in [0.15, 0.2) is 0 Å². The highest BCUT2D eigenvalue weighted by atomic mass is 16.5. The minimum atomic E-state index is -0.517. The Labute approximate surface area is 210 Å². The van der Waals surface area contributed by atoms with Crippen LogP contribution in [0.15, 0.2) is 35.5 Å². The molecule has 6 nitrogen and oxygen atoms in total. The largest absolute Gasteiger partial charge is 0.459 e. The van der Waals surface area contributed by atoms with Crippen LogP contribution in [0, 0.1) is 42.1 Å². The van der Waals surface area contributed by atoms with E-state index in [1.165, 1.54) is 6.20 Å². The van der Waals surface area contributed by atoms with E-state index >= 15 is 0 Å². The molecule has 0 saturated heterocycles. The van der Waals surface area contributed by atoms with Crippen LogP contribution < -0.4 is 5.73 Å². The van der Waals surface area contributed by atoms with Gasteiger partial charge in [0.05, 0.1) is 6.57 Å². The molecule has 2 atom stereocenters. The molecule has 0 radical (unpaired) electrons. The van der Waals surface area contributed by atoms with Crippen LogP contribution in [0.3, 0.4) is 0 Å². The summed E-state index contributed by atoms with van der Waals surface area (Å²) in [4.78, 5) is 24.7. The summed E-state index contributed by atoms with van der Waals surface area (Å²) in [5.41, 5.74) is 8.35. The molecule has 0 aliphatic heterocycles. The minimum absolute atomic E-state index is 0.0276. The molecule has 0 amide bonds. The van der Waals surface area contributed by atoms with Crippen molar-refractivity contribution >= 4 is 23.3 Å². The van der Waals surface area contributed by atoms with Crippen molar-refractivity contribution in [3.63, 3.8) is 0 Å². The number of benzene rings is 1. The molecule has 0 bridgehead atoms. The van der Waals surface area contributed by atoms with Gasteiger partial charge in [-0.2, -0.15) is 0 Å². The third-order valence-electron chi connectivity index (χ3n) is 7.39. The summed E-state index contributed by atoms with van der Waals surface area (Å²) in [5, 5.41) is 0. The minimum Gasteiger partial charge on any atom is -0.459 e. The fourth-order valence-corrected chi connectivity index (χ4v) is 5.37. The molecule has 1 aromatic heterocycles. The molecule has 188 valence electrons. The summed E-state index contributed by atoms with van der Waals surface area (Å²) < 4.78 is 6.34. The number of H-pyrrole nitrogens is 1. The van der Waals surface area contributed by atoms with Gasteiger partial charge in [-0.3, -0.25) is 0 Å². The van der Waals surface area contributed by atoms with Crippen molar-refractivity contribution in [2.24, 2.45) is 39.3 Å². The van der Waals surface area contributed by atoms with E-state index in [0.29, 0.717) is 5.92 Å². The Bertz CT molecular complexity index is 1120. The molecule has 1 fully saturated rings. The first-order valence-corrected chi connectivity index (χ1v) is 12.4. The zero-order chi connectivity index (χ0) is 26.1. The zero-order valence-electron chi connectivity index (χ0n) is 22.4. The van der Waals surface area contributed by atoms with Gasteiger partial charge in [0.1, 0.15) is 23.3 Å². The second kappa shape index (κ2) is 9.89. The van der Waals surface area contributed by atoms with Crippen LogP contribution in [0.4, 0.5) is 11.5 Å². The predicted octanol–water partition coefficient (Wildman–Crippen LogP) is 7.19. The van der Waals surface area contributed by atoms with Crippen LogP contribution in [0.5, 0.6) is 0 Å². The Hall–Kier alpha value is -3.07. The number of nitrogens with one attached hydrogen (secondary N) is 1. The molecule has 1 aliphatic carbocycles. The second-order valence-electron chi connectivity index (χ2n) is 12.2. The molecule has 1 heterocycles. The van der Waals surface area contributed by atoms with E-state index in [4.69, 9.17) is 17.0 Å². The van der Waals surface area contributed by atoms with Crippen LogP contribution in [0.2, 0.25) is 0 Å². The molecular formula is C29H40N4O2. The summed E-state index contributed by atoms with van der Waals surface area (Å²) in [7, 11) is 0. The number of amidine groups is 1. The van der Waals surface area contributed by atoms with Gasteiger partial charge in [0.25, 0.3) is 0 Å². The van der Waals surface area contributed by atoms with Gasteiger partial charge in [-0.1, -0.05) is 72.7 Å². The molecule has 1 saturated carbocycles. The molecule has 3 rings (SSSR count). The van der Waals surface area contributed by atoms with E-state index in [9.17, 15) is 4.79 Å². The maximum atomic E-state index is 13.7. The topological polar surface area (TPSA) is 84.8 Å². The number of ether oxygens (including phenoxy) is 1. The van der Waals surface area contributed by atoms with Gasteiger partial charge in [0.2, 0.25) is 5.69 Å². The van der Waals surface area contributed by atoms with E-state index in [2.05, 4.69) is 63.3 Å². The number of aryl methyl sites for hydroxylation is 1. The molecule has 2 aromatic rings. The first kappa shape index (κ1) is 26.5. The zero-order valence-corrected chi connectivity index (χ0v) is 22.4. The van der Waals surface area contributed by atoms with Gasteiger partial charge in [0, 0.05) is 23.6 Å². The van der Waals surface area contributed by atoms with Gasteiger partial charge in [-0.25, -0.2) is 14.6 Å². The Balaban J connectivity index is 2.02. The third kappa shape index (κ3) is 5.78. The quantitative estimate of drug-likeness (QED) is 0.212. The molecule has 6 heteroatoms. The highest BCUT2D eigenvalue weighted by Crippen LogP contribution is 2.50. The number of hydrogen-bond donors (Lipinski definition) is 2. The number of hydrogen-bond acceptors (Lipinski definition) is 3. The number of carbonyl (C=O) groups is 1. The average molecular weight is 477 g/mol. The van der Waals surface area contributed by atoms with E-state index < -0.39 is 5.97 Å². The number of aliphatic imine (C=N–C) groups is 1. The van der Waals surface area contributed by atoms with E-state index in [-0.39, 0.29) is 51.7 Å². The lowest BCUT2D eigenvalue weighted by Crippen LogP contribution is -2.49. The summed E-state index contributed by atoms with van der Waals surface area (Å²) >= 11 is 0. The summed E-state index contributed by atoms with van der Waals surface area (Å²) in [6, 6.07) is 7.66. The number of nitrogens with two attached hydrogens (primary N) is 1. The molecule has 35 heavy (non-hydrogen) atoms. The van der Waals surface area contributed by atoms with Crippen molar-refractivity contribution in [1.82, 2.24) is 4.98 Å². The normalized spacial score (nSPS) is 23.6. The maximum Gasteiger partial charge on any atom is 0.331 e. The van der Waals surface area contributed by atoms with Crippen LogP contribution in [-0.2, 0) is 4.74 Å². The van der Waals surface area contributed by atoms with Crippen molar-refractivity contribution in [3.8, 4) is 0 Å². The number of aromatic amines is 1. The number of carbonyl (C=O) groups excluding carboxylic acids is 1. The lowest BCUT2D eigenvalue weighted by molar-refractivity contribution is -0.0922. The van der Waals surface area contributed by atoms with Crippen LogP contribution >= 0.6 is 0 Å². The van der Waals surface area contributed by atoms with Crippen LogP contribution in [0.1, 0.15) is 82.8 Å². The van der Waals surface area contributed by atoms with Crippen LogP contribution in [0.25, 0.3) is 4.85 Å². The maximum absolute atomic E-state index is 13.7. The van der Waals surface area contributed by atoms with Gasteiger partial charge >= 0.3 is 5.97 Å². The Morgan fingerprint density at radius 3 is 2.20 bits per heavy atom. The lowest BCUT2D eigenvalue weighted by atomic mass is 9.59. The Morgan fingerprint density at radius 2 is 1.69 bits per heavy atom. The third-order valence-corrected chi connectivity index (χ3v) is 7.39. The van der Waals surface area contributed by atoms with Crippen molar-refractivity contribution in [2.75, 3.05) is 0 Å². The van der Waals surface area contributed by atoms with Gasteiger partial charge < -0.3 is 15.5 Å². The summed E-state index contributed by atoms with van der Waals surface area (Å²) in [6.45, 7) is 25.2. The number of aromatic nitrogens is 1. The highest BCUT2D eigenvalue weighted by Gasteiger charge is 2.48. The summed E-state index contributed by atoms with van der Waals surface area (Å²) in [5.74, 6) is 0.986. The summed E-state index contributed by atoms with van der Waals surface area (Å²) in [6.07, 6.45) is 3.25. The molecule has 0 spiro atoms. The highest BCUT2D eigenvalue weighted by molar-refractivity contribution is 6.05. The smallest absolute Gasteiger partial charge is 0.331 e. The SMILES string of the molecule is [C-]#[N+]c1c[nH]c(/N=C(/N)c2ccccc2C)c1C(=O)OC1C(C(C)(C)C)CC(C)CC1C(C)(C)C. The van der Waals surface area contributed by atoms with Crippen molar-refractivity contribution in [2.45, 2.75) is 74.3 Å². The molecule has 3 N–H and O–H groups in total. The number of nitrogens with zero attached hydrogens (tertiary/aromatic N) is 2. The van der Waals surface area contributed by atoms with Gasteiger partial charge in [-0.05, 0) is 42.1 Å². The standard InChI is InChI=1S/C29H40N4O2/c1-17-14-20(28(3,4)5)24(21(15-17)29(6,7)8)35-27(34)23-22(31-9)16-32-26(23)33-25(30)19-13-11-10-12-18(19)2/h10-13,16-17,20-21,24,32H,14-15H2,1-8H3,(H2,30,33). The van der Waals surface area contributed by atoms with E-state index in [0.717, 1.165) is 24.0 Å². The molecule has 2 unspecified atom stereocenters. The van der Waals surface area contributed by atoms with E-state index in [1.54, 1.807) is 0 Å². The van der Waals surface area contributed by atoms with Crippen molar-refractivity contribution in [3.05, 3.63) is 58.6 Å². The predicted molar refractivity (Wildman–Crippen MR) is 142 cm³/mol.